The topological polar surface area (TPSA) is 42.0 Å². The minimum Gasteiger partial charge on any atom is -0.493 e. The van der Waals surface area contributed by atoms with Crippen LogP contribution in [-0.4, -0.2) is 51.7 Å². The summed E-state index contributed by atoms with van der Waals surface area (Å²) in [7, 11) is 5.28. The van der Waals surface area contributed by atoms with Crippen LogP contribution in [0.5, 0.6) is 11.5 Å². The van der Waals surface area contributed by atoms with Crippen molar-refractivity contribution in [2.45, 2.75) is 29.2 Å². The molecule has 1 unspecified atom stereocenters. The van der Waals surface area contributed by atoms with Crippen molar-refractivity contribution in [2.75, 3.05) is 45.8 Å². The van der Waals surface area contributed by atoms with Crippen molar-refractivity contribution in [2.24, 2.45) is 0 Å². The van der Waals surface area contributed by atoms with Crippen LogP contribution in [-0.2, 0) is 17.6 Å². The summed E-state index contributed by atoms with van der Waals surface area (Å²) in [6.07, 6.45) is 1.79. The van der Waals surface area contributed by atoms with E-state index in [0.717, 1.165) is 47.2 Å². The molecule has 0 bridgehead atoms. The fourth-order valence-electron chi connectivity index (χ4n) is 4.13. The predicted molar refractivity (Wildman–Crippen MR) is 147 cm³/mol. The Balaban J connectivity index is 1.45. The van der Waals surface area contributed by atoms with Crippen LogP contribution in [0.25, 0.3) is 0 Å². The molecule has 186 valence electrons. The number of halogens is 1. The van der Waals surface area contributed by atoms with E-state index in [1.165, 1.54) is 14.6 Å². The first-order valence-corrected chi connectivity index (χ1v) is 13.7. The van der Waals surface area contributed by atoms with Crippen molar-refractivity contribution in [1.82, 2.24) is 4.90 Å². The molecule has 0 spiro atoms. The van der Waals surface area contributed by atoms with Crippen LogP contribution in [0.15, 0.2) is 52.7 Å². The number of benzene rings is 2. The Kier molecular flexibility index (Phi) is 8.65. The lowest BCUT2D eigenvalue weighted by molar-refractivity contribution is -0.119. The molecule has 4 rings (SSSR count). The Morgan fingerprint density at radius 1 is 1.11 bits per heavy atom. The number of likely N-dealkylation sites (N-methyl/N-ethyl adjacent to an activating group) is 1. The number of thiophene rings is 1. The van der Waals surface area contributed by atoms with E-state index in [4.69, 9.17) is 21.1 Å². The van der Waals surface area contributed by atoms with Gasteiger partial charge in [0.15, 0.2) is 11.5 Å². The molecule has 0 aliphatic carbocycles. The lowest BCUT2D eigenvalue weighted by Crippen LogP contribution is -2.42. The van der Waals surface area contributed by atoms with Crippen molar-refractivity contribution in [3.8, 4) is 11.5 Å². The Morgan fingerprint density at radius 3 is 2.54 bits per heavy atom. The van der Waals surface area contributed by atoms with Crippen molar-refractivity contribution < 1.29 is 14.3 Å². The van der Waals surface area contributed by atoms with E-state index in [2.05, 4.69) is 30.0 Å². The summed E-state index contributed by atoms with van der Waals surface area (Å²) in [6.45, 7) is 3.94. The quantitative estimate of drug-likeness (QED) is 0.323. The van der Waals surface area contributed by atoms with E-state index >= 15 is 0 Å². The van der Waals surface area contributed by atoms with Gasteiger partial charge in [-0.2, -0.15) is 0 Å². The van der Waals surface area contributed by atoms with E-state index in [1.54, 1.807) is 25.6 Å². The summed E-state index contributed by atoms with van der Waals surface area (Å²) >= 11 is 9.76. The average molecular weight is 531 g/mol. The standard InChI is InChI=1S/C27H31ClN2O3S2/c1-5-21-15-22-27(34-21)35-25(19-7-9-20(28)10-8-19)16-30(22)26(31)17-29(2)13-12-18-6-11-23(32-3)24(14-18)33-4/h6-11,14-15,25H,5,12-13,16-17H2,1-4H3. The monoisotopic (exact) mass is 530 g/mol. The third-order valence-electron chi connectivity index (χ3n) is 6.15. The zero-order valence-corrected chi connectivity index (χ0v) is 22.9. The molecule has 3 aromatic rings. The molecule has 1 aliphatic rings. The zero-order valence-electron chi connectivity index (χ0n) is 20.5. The number of hydrogen-bond acceptors (Lipinski definition) is 6. The van der Waals surface area contributed by atoms with Crippen molar-refractivity contribution in [3.05, 3.63) is 69.6 Å². The molecule has 1 amide bonds. The van der Waals surface area contributed by atoms with Crippen LogP contribution >= 0.6 is 34.7 Å². The maximum absolute atomic E-state index is 13.5. The highest BCUT2D eigenvalue weighted by atomic mass is 35.5. The maximum atomic E-state index is 13.5. The van der Waals surface area contributed by atoms with Gasteiger partial charge in [-0.3, -0.25) is 9.69 Å². The minimum absolute atomic E-state index is 0.126. The Morgan fingerprint density at radius 2 is 1.86 bits per heavy atom. The normalized spacial score (nSPS) is 15.3. The van der Waals surface area contributed by atoms with Gasteiger partial charge in [0.05, 0.1) is 35.9 Å². The molecule has 0 N–H and O–H groups in total. The third-order valence-corrected chi connectivity index (χ3v) is 9.13. The van der Waals surface area contributed by atoms with Gasteiger partial charge in [-0.1, -0.05) is 36.7 Å². The highest BCUT2D eigenvalue weighted by Gasteiger charge is 2.32. The second-order valence-corrected chi connectivity index (χ2v) is 11.6. The molecule has 1 atom stereocenters. The van der Waals surface area contributed by atoms with E-state index < -0.39 is 0 Å². The molecule has 0 saturated heterocycles. The van der Waals surface area contributed by atoms with E-state index in [1.807, 2.05) is 54.0 Å². The molecule has 1 aromatic heterocycles. The van der Waals surface area contributed by atoms with Gasteiger partial charge in [0, 0.05) is 23.0 Å². The van der Waals surface area contributed by atoms with E-state index in [9.17, 15) is 4.79 Å². The number of methoxy groups -OCH3 is 2. The van der Waals surface area contributed by atoms with Gasteiger partial charge in [0.25, 0.3) is 0 Å². The van der Waals surface area contributed by atoms with Gasteiger partial charge in [-0.25, -0.2) is 0 Å². The molecule has 2 aromatic carbocycles. The highest BCUT2D eigenvalue weighted by molar-refractivity contribution is 8.01. The second kappa shape index (κ2) is 11.7. The van der Waals surface area contributed by atoms with Gasteiger partial charge in [0.1, 0.15) is 0 Å². The smallest absolute Gasteiger partial charge is 0.241 e. The number of nitrogens with zero attached hydrogens (tertiary/aromatic N) is 2. The molecule has 35 heavy (non-hydrogen) atoms. The first-order valence-electron chi connectivity index (χ1n) is 11.7. The zero-order chi connectivity index (χ0) is 24.9. The predicted octanol–water partition coefficient (Wildman–Crippen LogP) is 6.34. The molecule has 2 heterocycles. The van der Waals surface area contributed by atoms with Crippen LogP contribution in [0.1, 0.15) is 28.2 Å². The van der Waals surface area contributed by atoms with Crippen molar-refractivity contribution in [1.29, 1.82) is 0 Å². The summed E-state index contributed by atoms with van der Waals surface area (Å²) in [6, 6.07) is 16.1. The summed E-state index contributed by atoms with van der Waals surface area (Å²) in [5.74, 6) is 1.57. The van der Waals surface area contributed by atoms with Crippen LogP contribution in [0, 0.1) is 0 Å². The molecule has 8 heteroatoms. The maximum Gasteiger partial charge on any atom is 0.241 e. The second-order valence-electron chi connectivity index (χ2n) is 8.58. The number of aryl methyl sites for hydroxylation is 1. The fourth-order valence-corrected chi connectivity index (χ4v) is 7.01. The number of ether oxygens (including phenoxy) is 2. The molecule has 0 fully saturated rings. The summed E-state index contributed by atoms with van der Waals surface area (Å²) in [5, 5.41) is 0.910. The first-order chi connectivity index (χ1) is 16.9. The SMILES string of the molecule is CCc1cc2c(s1)SC(c1ccc(Cl)cc1)CN2C(=O)CN(C)CCc1ccc(OC)c(OC)c1. The Bertz CT molecular complexity index is 1170. The van der Waals surface area contributed by atoms with Gasteiger partial charge in [-0.05, 0) is 61.3 Å². The van der Waals surface area contributed by atoms with Crippen molar-refractivity contribution in [3.63, 3.8) is 0 Å². The first kappa shape index (κ1) is 25.9. The molecule has 5 nitrogen and oxygen atoms in total. The van der Waals surface area contributed by atoms with Crippen LogP contribution in [0.3, 0.4) is 0 Å². The van der Waals surface area contributed by atoms with Gasteiger partial charge in [-0.15, -0.1) is 23.1 Å². The number of anilines is 1. The molecular weight excluding hydrogens is 500 g/mol. The number of rotatable bonds is 9. The van der Waals surface area contributed by atoms with Gasteiger partial charge < -0.3 is 14.4 Å². The van der Waals surface area contributed by atoms with Crippen LogP contribution in [0.2, 0.25) is 5.02 Å². The Hall–Kier alpha value is -2.19. The number of thioether (sulfide) groups is 1. The minimum atomic E-state index is 0.126. The number of fused-ring (bicyclic) bond motifs is 1. The molecule has 1 aliphatic heterocycles. The highest BCUT2D eigenvalue weighted by Crippen LogP contribution is 2.50. The van der Waals surface area contributed by atoms with E-state index in [-0.39, 0.29) is 11.2 Å². The summed E-state index contributed by atoms with van der Waals surface area (Å²) < 4.78 is 12.0. The Labute approximate surface area is 221 Å². The molecule has 0 radical (unpaired) electrons. The fraction of sp³-hybridized carbons (Fsp3) is 0.370. The van der Waals surface area contributed by atoms with Crippen LogP contribution in [0.4, 0.5) is 5.69 Å². The number of carbonyl (C=O) groups excluding carboxylic acids is 1. The molecular formula is C27H31ClN2O3S2. The largest absolute Gasteiger partial charge is 0.493 e. The summed E-state index contributed by atoms with van der Waals surface area (Å²) in [4.78, 5) is 18.9. The van der Waals surface area contributed by atoms with Gasteiger partial charge >= 0.3 is 0 Å². The van der Waals surface area contributed by atoms with Crippen LogP contribution < -0.4 is 14.4 Å². The summed E-state index contributed by atoms with van der Waals surface area (Å²) in [5.41, 5.74) is 3.39. The van der Waals surface area contributed by atoms with Crippen molar-refractivity contribution >= 4 is 46.3 Å². The lowest BCUT2D eigenvalue weighted by atomic mass is 10.1. The average Bonchev–Trinajstić information content (AvgIpc) is 3.30. The molecule has 0 saturated carbocycles. The number of amides is 1. The number of hydrogen-bond donors (Lipinski definition) is 0. The lowest BCUT2D eigenvalue weighted by Gasteiger charge is -2.33. The van der Waals surface area contributed by atoms with E-state index in [0.29, 0.717) is 13.1 Å². The third kappa shape index (κ3) is 6.15. The van der Waals surface area contributed by atoms with Gasteiger partial charge in [0.2, 0.25) is 5.91 Å². The number of carbonyl (C=O) groups is 1.